The molecule has 3 N–H and O–H groups in total. The van der Waals surface area contributed by atoms with Crippen LogP contribution in [0, 0.1) is 5.92 Å². The van der Waals surface area contributed by atoms with Crippen LogP contribution in [0.1, 0.15) is 50.8 Å². The van der Waals surface area contributed by atoms with Crippen LogP contribution in [0.3, 0.4) is 0 Å². The largest absolute Gasteiger partial charge is 0.391 e. The van der Waals surface area contributed by atoms with E-state index in [1.807, 2.05) is 13.1 Å². The van der Waals surface area contributed by atoms with Gasteiger partial charge in [0, 0.05) is 6.04 Å². The highest BCUT2D eigenvalue weighted by Gasteiger charge is 2.19. The lowest BCUT2D eigenvalue weighted by Crippen LogP contribution is -2.19. The van der Waals surface area contributed by atoms with Gasteiger partial charge in [0.1, 0.15) is 0 Å². The Morgan fingerprint density at radius 1 is 1.53 bits per heavy atom. The van der Waals surface area contributed by atoms with Gasteiger partial charge in [-0.2, -0.15) is 0 Å². The quantitative estimate of drug-likeness (QED) is 0.809. The first kappa shape index (κ1) is 12.5. The van der Waals surface area contributed by atoms with Crippen LogP contribution in [0.2, 0.25) is 0 Å². The van der Waals surface area contributed by atoms with Crippen LogP contribution in [0.25, 0.3) is 0 Å². The second kappa shape index (κ2) is 5.60. The minimum Gasteiger partial charge on any atom is -0.391 e. The van der Waals surface area contributed by atoms with Gasteiger partial charge in [-0.15, -0.1) is 5.10 Å². The predicted octanol–water partition coefficient (Wildman–Crippen LogP) is 1.24. The number of aliphatic hydroxyl groups is 1. The van der Waals surface area contributed by atoms with E-state index < -0.39 is 0 Å². The summed E-state index contributed by atoms with van der Waals surface area (Å²) in [6.45, 7) is 2.40. The molecule has 5 nitrogen and oxygen atoms in total. The van der Waals surface area contributed by atoms with Crippen molar-refractivity contribution >= 4 is 0 Å². The fourth-order valence-corrected chi connectivity index (χ4v) is 2.53. The molecule has 0 aliphatic heterocycles. The van der Waals surface area contributed by atoms with Gasteiger partial charge in [-0.05, 0) is 19.3 Å². The van der Waals surface area contributed by atoms with E-state index in [2.05, 4.69) is 10.3 Å². The number of aromatic nitrogens is 3. The van der Waals surface area contributed by atoms with Gasteiger partial charge in [-0.25, -0.2) is 4.68 Å². The Morgan fingerprint density at radius 3 is 2.82 bits per heavy atom. The lowest BCUT2D eigenvalue weighted by atomic mass is 10.0. The van der Waals surface area contributed by atoms with E-state index in [0.717, 1.165) is 12.1 Å². The molecule has 0 amide bonds. The molecule has 5 heteroatoms. The van der Waals surface area contributed by atoms with Gasteiger partial charge in [-0.3, -0.25) is 0 Å². The fraction of sp³-hybridized carbons (Fsp3) is 0.833. The van der Waals surface area contributed by atoms with E-state index in [-0.39, 0.29) is 12.1 Å². The molecule has 0 saturated heterocycles. The average molecular weight is 238 g/mol. The average Bonchev–Trinajstić information content (AvgIpc) is 2.88. The van der Waals surface area contributed by atoms with Crippen molar-refractivity contribution < 1.29 is 5.11 Å². The molecule has 1 saturated carbocycles. The molecule has 1 aromatic heterocycles. The highest BCUT2D eigenvalue weighted by molar-refractivity contribution is 4.97. The SMILES string of the molecule is CC(N)c1cn(CC(O)CC2CCCC2)nn1. The second-order valence-electron chi connectivity index (χ2n) is 5.19. The second-order valence-corrected chi connectivity index (χ2v) is 5.19. The molecule has 2 atom stereocenters. The Bertz CT molecular complexity index is 344. The van der Waals surface area contributed by atoms with E-state index in [9.17, 15) is 5.11 Å². The van der Waals surface area contributed by atoms with Crippen molar-refractivity contribution in [2.45, 2.75) is 57.7 Å². The van der Waals surface area contributed by atoms with Gasteiger partial charge in [0.25, 0.3) is 0 Å². The topological polar surface area (TPSA) is 77.0 Å². The normalized spacial score (nSPS) is 20.6. The molecule has 2 rings (SSSR count). The van der Waals surface area contributed by atoms with Gasteiger partial charge >= 0.3 is 0 Å². The third-order valence-corrected chi connectivity index (χ3v) is 3.50. The zero-order valence-electron chi connectivity index (χ0n) is 10.4. The number of hydrogen-bond acceptors (Lipinski definition) is 4. The van der Waals surface area contributed by atoms with Crippen molar-refractivity contribution in [3.8, 4) is 0 Å². The molecular formula is C12H22N4O. The standard InChI is InChI=1S/C12H22N4O/c1-9(13)12-8-16(15-14-12)7-11(17)6-10-4-2-3-5-10/h8-11,17H,2-7,13H2,1H3. The minimum atomic E-state index is -0.319. The summed E-state index contributed by atoms with van der Waals surface area (Å²) < 4.78 is 1.69. The molecular weight excluding hydrogens is 216 g/mol. The highest BCUT2D eigenvalue weighted by atomic mass is 16.3. The molecule has 0 bridgehead atoms. The zero-order valence-corrected chi connectivity index (χ0v) is 10.4. The van der Waals surface area contributed by atoms with Crippen LogP contribution < -0.4 is 5.73 Å². The number of nitrogens with two attached hydrogens (primary N) is 1. The monoisotopic (exact) mass is 238 g/mol. The first-order valence-electron chi connectivity index (χ1n) is 6.49. The van der Waals surface area contributed by atoms with Crippen molar-refractivity contribution in [3.05, 3.63) is 11.9 Å². The molecule has 0 spiro atoms. The van der Waals surface area contributed by atoms with Crippen LogP contribution in [0.15, 0.2) is 6.20 Å². The highest BCUT2D eigenvalue weighted by Crippen LogP contribution is 2.28. The summed E-state index contributed by atoms with van der Waals surface area (Å²) in [6, 6.07) is -0.101. The number of nitrogens with zero attached hydrogens (tertiary/aromatic N) is 3. The van der Waals surface area contributed by atoms with Crippen molar-refractivity contribution in [2.75, 3.05) is 0 Å². The maximum atomic E-state index is 9.99. The molecule has 1 heterocycles. The number of aliphatic hydroxyl groups excluding tert-OH is 1. The molecule has 0 radical (unpaired) electrons. The van der Waals surface area contributed by atoms with Gasteiger partial charge in [0.2, 0.25) is 0 Å². The van der Waals surface area contributed by atoms with Gasteiger partial charge in [0.05, 0.1) is 24.5 Å². The third kappa shape index (κ3) is 3.51. The van der Waals surface area contributed by atoms with E-state index in [4.69, 9.17) is 5.73 Å². The maximum absolute atomic E-state index is 9.99. The predicted molar refractivity (Wildman–Crippen MR) is 65.2 cm³/mol. The van der Waals surface area contributed by atoms with Crippen LogP contribution in [-0.2, 0) is 6.54 Å². The van der Waals surface area contributed by atoms with Crippen LogP contribution in [-0.4, -0.2) is 26.2 Å². The summed E-state index contributed by atoms with van der Waals surface area (Å²) in [4.78, 5) is 0. The van der Waals surface area contributed by atoms with Crippen LogP contribution in [0.5, 0.6) is 0 Å². The van der Waals surface area contributed by atoms with Crippen molar-refractivity contribution in [1.29, 1.82) is 0 Å². The Balaban J connectivity index is 1.82. The van der Waals surface area contributed by atoms with Crippen molar-refractivity contribution in [3.63, 3.8) is 0 Å². The van der Waals surface area contributed by atoms with E-state index >= 15 is 0 Å². The molecule has 96 valence electrons. The Morgan fingerprint density at radius 2 is 2.24 bits per heavy atom. The molecule has 1 aliphatic rings. The number of hydrogen-bond donors (Lipinski definition) is 2. The van der Waals surface area contributed by atoms with E-state index in [0.29, 0.717) is 12.5 Å². The van der Waals surface area contributed by atoms with E-state index in [1.165, 1.54) is 25.7 Å². The first-order valence-corrected chi connectivity index (χ1v) is 6.49. The molecule has 1 aliphatic carbocycles. The summed E-state index contributed by atoms with van der Waals surface area (Å²) in [7, 11) is 0. The molecule has 0 aromatic carbocycles. The summed E-state index contributed by atoms with van der Waals surface area (Å²) in [5.74, 6) is 0.696. The van der Waals surface area contributed by atoms with Gasteiger partial charge in [-0.1, -0.05) is 30.9 Å². The first-order chi connectivity index (χ1) is 8.15. The summed E-state index contributed by atoms with van der Waals surface area (Å²) in [6.07, 6.45) is 7.54. The van der Waals surface area contributed by atoms with Gasteiger partial charge in [0.15, 0.2) is 0 Å². The Labute approximate surface area is 102 Å². The summed E-state index contributed by atoms with van der Waals surface area (Å²) >= 11 is 0. The Hall–Kier alpha value is -0.940. The summed E-state index contributed by atoms with van der Waals surface area (Å²) in [5.41, 5.74) is 6.49. The lowest BCUT2D eigenvalue weighted by molar-refractivity contribution is 0.120. The van der Waals surface area contributed by atoms with Crippen LogP contribution in [0.4, 0.5) is 0 Å². The minimum absolute atomic E-state index is 0.101. The molecule has 1 aromatic rings. The molecule has 1 fully saturated rings. The van der Waals surface area contributed by atoms with E-state index in [1.54, 1.807) is 4.68 Å². The summed E-state index contributed by atoms with van der Waals surface area (Å²) in [5, 5.41) is 17.9. The third-order valence-electron chi connectivity index (χ3n) is 3.50. The Kier molecular flexibility index (Phi) is 4.12. The lowest BCUT2D eigenvalue weighted by Gasteiger charge is -2.14. The van der Waals surface area contributed by atoms with Crippen molar-refractivity contribution in [2.24, 2.45) is 11.7 Å². The smallest absolute Gasteiger partial charge is 0.0991 e. The fourth-order valence-electron chi connectivity index (χ4n) is 2.53. The zero-order chi connectivity index (χ0) is 12.3. The number of rotatable bonds is 5. The molecule has 2 unspecified atom stereocenters. The molecule has 17 heavy (non-hydrogen) atoms. The van der Waals surface area contributed by atoms with Crippen LogP contribution >= 0.6 is 0 Å². The van der Waals surface area contributed by atoms with Crippen molar-refractivity contribution in [1.82, 2.24) is 15.0 Å². The van der Waals surface area contributed by atoms with Gasteiger partial charge < -0.3 is 10.8 Å². The maximum Gasteiger partial charge on any atom is 0.0991 e.